The van der Waals surface area contributed by atoms with Gasteiger partial charge < -0.3 is 16.0 Å². The van der Waals surface area contributed by atoms with Crippen LogP contribution in [-0.4, -0.2) is 24.7 Å². The van der Waals surface area contributed by atoms with Crippen LogP contribution in [0.5, 0.6) is 0 Å². The van der Waals surface area contributed by atoms with Gasteiger partial charge in [-0.1, -0.05) is 72.8 Å². The lowest BCUT2D eigenvalue weighted by molar-refractivity contribution is -0.138. The smallest absolute Gasteiger partial charge is 0.347 e. The average Bonchev–Trinajstić information content (AvgIpc) is 2.78. The Kier molecular flexibility index (Phi) is 7.49. The largest absolute Gasteiger partial charge is 0.405 e. The van der Waals surface area contributed by atoms with Crippen LogP contribution in [0.4, 0.5) is 23.7 Å². The summed E-state index contributed by atoms with van der Waals surface area (Å²) in [4.78, 5) is 24.2. The maximum absolute atomic E-state index is 12.6. The quantitative estimate of drug-likeness (QED) is 0.492. The van der Waals surface area contributed by atoms with Gasteiger partial charge in [-0.3, -0.25) is 4.79 Å². The lowest BCUT2D eigenvalue weighted by Gasteiger charge is -2.20. The highest BCUT2D eigenvalue weighted by molar-refractivity contribution is 5.90. The van der Waals surface area contributed by atoms with E-state index in [-0.39, 0.29) is 12.5 Å². The molecule has 3 N–H and O–H groups in total. The molecule has 0 aliphatic rings. The minimum atomic E-state index is -4.45. The third-order valence-corrected chi connectivity index (χ3v) is 4.60. The van der Waals surface area contributed by atoms with Crippen LogP contribution in [-0.2, 0) is 11.2 Å². The molecule has 0 saturated heterocycles. The summed E-state index contributed by atoms with van der Waals surface area (Å²) in [6, 6.07) is 24.7. The maximum atomic E-state index is 12.6. The molecule has 0 unspecified atom stereocenters. The lowest BCUT2D eigenvalue weighted by atomic mass is 9.99. The molecule has 3 rings (SSSR count). The number of carbonyl (C=O) groups is 2. The second-order valence-electron chi connectivity index (χ2n) is 7.12. The van der Waals surface area contributed by atoms with E-state index in [0.717, 1.165) is 11.1 Å². The fraction of sp³-hybridized carbons (Fsp3) is 0.167. The van der Waals surface area contributed by atoms with Crippen LogP contribution in [0.3, 0.4) is 0 Å². The van der Waals surface area contributed by atoms with Crippen molar-refractivity contribution in [2.24, 2.45) is 0 Å². The fourth-order valence-electron chi connectivity index (χ4n) is 3.10. The zero-order valence-corrected chi connectivity index (χ0v) is 17.0. The predicted octanol–water partition coefficient (Wildman–Crippen LogP) is 4.82. The Morgan fingerprint density at radius 3 is 1.81 bits per heavy atom. The number of urea groups is 1. The topological polar surface area (TPSA) is 70.2 Å². The van der Waals surface area contributed by atoms with Gasteiger partial charge in [0.05, 0.1) is 12.5 Å². The molecule has 0 aromatic heterocycles. The van der Waals surface area contributed by atoms with Crippen LogP contribution in [0.1, 0.15) is 22.7 Å². The molecule has 166 valence electrons. The Morgan fingerprint density at radius 2 is 1.31 bits per heavy atom. The van der Waals surface area contributed by atoms with Crippen LogP contribution in [0.2, 0.25) is 0 Å². The van der Waals surface area contributed by atoms with Crippen molar-refractivity contribution in [3.05, 3.63) is 102 Å². The molecule has 32 heavy (non-hydrogen) atoms. The first kappa shape index (κ1) is 22.9. The summed E-state index contributed by atoms with van der Waals surface area (Å²) >= 11 is 0. The SMILES string of the molecule is O=C(Cc1ccc(NC(=O)NC(c2ccccc2)c2ccccc2)cc1)NCC(F)(F)F. The Hall–Kier alpha value is -3.81. The van der Waals surface area contributed by atoms with Crippen molar-refractivity contribution in [1.82, 2.24) is 10.6 Å². The highest BCUT2D eigenvalue weighted by Crippen LogP contribution is 2.22. The molecule has 3 aromatic rings. The van der Waals surface area contributed by atoms with Gasteiger partial charge in [0.1, 0.15) is 6.54 Å². The molecule has 0 fully saturated rings. The number of benzene rings is 3. The number of amides is 3. The monoisotopic (exact) mass is 441 g/mol. The molecule has 0 atom stereocenters. The predicted molar refractivity (Wildman–Crippen MR) is 116 cm³/mol. The van der Waals surface area contributed by atoms with E-state index in [1.54, 1.807) is 24.3 Å². The van der Waals surface area contributed by atoms with E-state index in [2.05, 4.69) is 10.6 Å². The first-order valence-electron chi connectivity index (χ1n) is 9.90. The van der Waals surface area contributed by atoms with Crippen molar-refractivity contribution >= 4 is 17.6 Å². The Morgan fingerprint density at radius 1 is 0.781 bits per heavy atom. The average molecular weight is 441 g/mol. The molecule has 3 aromatic carbocycles. The Bertz CT molecular complexity index is 984. The van der Waals surface area contributed by atoms with E-state index in [4.69, 9.17) is 0 Å². The normalized spacial score (nSPS) is 11.1. The summed E-state index contributed by atoms with van der Waals surface area (Å²) in [5.41, 5.74) is 2.87. The van der Waals surface area contributed by atoms with Gasteiger partial charge in [0.2, 0.25) is 5.91 Å². The molecule has 8 heteroatoms. The highest BCUT2D eigenvalue weighted by Gasteiger charge is 2.27. The van der Waals surface area contributed by atoms with E-state index in [1.165, 1.54) is 0 Å². The van der Waals surface area contributed by atoms with E-state index in [9.17, 15) is 22.8 Å². The molecule has 0 radical (unpaired) electrons. The van der Waals surface area contributed by atoms with Crippen LogP contribution in [0, 0.1) is 0 Å². The van der Waals surface area contributed by atoms with Gasteiger partial charge in [-0.2, -0.15) is 13.2 Å². The van der Waals surface area contributed by atoms with Gasteiger partial charge in [-0.25, -0.2) is 4.79 Å². The van der Waals surface area contributed by atoms with Gasteiger partial charge in [-0.05, 0) is 28.8 Å². The second kappa shape index (κ2) is 10.5. The van der Waals surface area contributed by atoms with Crippen molar-refractivity contribution in [1.29, 1.82) is 0 Å². The van der Waals surface area contributed by atoms with E-state index < -0.39 is 24.7 Å². The van der Waals surface area contributed by atoms with Crippen molar-refractivity contribution in [3.63, 3.8) is 0 Å². The molecular weight excluding hydrogens is 419 g/mol. The minimum Gasteiger partial charge on any atom is -0.347 e. The molecule has 0 saturated carbocycles. The van der Waals surface area contributed by atoms with E-state index in [1.807, 2.05) is 66.0 Å². The molecule has 5 nitrogen and oxygen atoms in total. The van der Waals surface area contributed by atoms with Crippen molar-refractivity contribution < 1.29 is 22.8 Å². The first-order chi connectivity index (χ1) is 15.3. The molecular formula is C24H22F3N3O2. The minimum absolute atomic E-state index is 0.188. The van der Waals surface area contributed by atoms with Crippen LogP contribution in [0.25, 0.3) is 0 Å². The number of hydrogen-bond donors (Lipinski definition) is 3. The number of halogens is 3. The third kappa shape index (κ3) is 7.16. The van der Waals surface area contributed by atoms with Crippen LogP contribution >= 0.6 is 0 Å². The fourth-order valence-corrected chi connectivity index (χ4v) is 3.10. The summed E-state index contributed by atoms with van der Waals surface area (Å²) in [6.45, 7) is -1.37. The zero-order valence-electron chi connectivity index (χ0n) is 17.0. The van der Waals surface area contributed by atoms with Gasteiger partial charge in [0.15, 0.2) is 0 Å². The van der Waals surface area contributed by atoms with Crippen molar-refractivity contribution in [2.75, 3.05) is 11.9 Å². The number of hydrogen-bond acceptors (Lipinski definition) is 2. The molecule has 0 heterocycles. The van der Waals surface area contributed by atoms with Crippen LogP contribution in [0.15, 0.2) is 84.9 Å². The standard InChI is InChI=1S/C24H22F3N3O2/c25-24(26,27)16-28-21(31)15-17-11-13-20(14-12-17)29-23(32)30-22(18-7-3-1-4-8-18)19-9-5-2-6-10-19/h1-14,22H,15-16H2,(H,28,31)(H2,29,30,32). The van der Waals surface area contributed by atoms with Gasteiger partial charge in [0.25, 0.3) is 0 Å². The van der Waals surface area contributed by atoms with Crippen molar-refractivity contribution in [2.45, 2.75) is 18.6 Å². The molecule has 3 amide bonds. The van der Waals surface area contributed by atoms with Gasteiger partial charge in [0, 0.05) is 5.69 Å². The second-order valence-corrected chi connectivity index (χ2v) is 7.12. The number of nitrogens with one attached hydrogen (secondary N) is 3. The van der Waals surface area contributed by atoms with E-state index in [0.29, 0.717) is 11.3 Å². The van der Waals surface area contributed by atoms with Crippen LogP contribution < -0.4 is 16.0 Å². The first-order valence-corrected chi connectivity index (χ1v) is 9.90. The number of rotatable bonds is 7. The molecule has 0 aliphatic carbocycles. The number of alkyl halides is 3. The summed E-state index contributed by atoms with van der Waals surface area (Å²) in [7, 11) is 0. The number of anilines is 1. The summed E-state index contributed by atoms with van der Waals surface area (Å²) in [6.07, 6.45) is -4.64. The maximum Gasteiger partial charge on any atom is 0.405 e. The Balaban J connectivity index is 1.60. The number of carbonyl (C=O) groups excluding carboxylic acids is 2. The lowest BCUT2D eigenvalue weighted by Crippen LogP contribution is -2.34. The highest BCUT2D eigenvalue weighted by atomic mass is 19.4. The molecule has 0 spiro atoms. The van der Waals surface area contributed by atoms with Gasteiger partial charge >= 0.3 is 12.2 Å². The Labute approximate surface area is 183 Å². The summed E-state index contributed by atoms with van der Waals surface area (Å²) < 4.78 is 36.5. The molecule has 0 aliphatic heterocycles. The third-order valence-electron chi connectivity index (χ3n) is 4.60. The molecule has 0 bridgehead atoms. The van der Waals surface area contributed by atoms with Gasteiger partial charge in [-0.15, -0.1) is 0 Å². The van der Waals surface area contributed by atoms with E-state index >= 15 is 0 Å². The summed E-state index contributed by atoms with van der Waals surface area (Å²) in [5.74, 6) is -0.727. The zero-order chi connectivity index (χ0) is 23.0. The van der Waals surface area contributed by atoms with Crippen molar-refractivity contribution in [3.8, 4) is 0 Å². The summed E-state index contributed by atoms with van der Waals surface area (Å²) in [5, 5.41) is 7.52.